The van der Waals surface area contributed by atoms with Gasteiger partial charge < -0.3 is 11.1 Å². The molecule has 17 heavy (non-hydrogen) atoms. The van der Waals surface area contributed by atoms with Gasteiger partial charge in [0.05, 0.1) is 5.54 Å². The van der Waals surface area contributed by atoms with Crippen LogP contribution in [0.3, 0.4) is 0 Å². The molecule has 94 valence electrons. The quantitative estimate of drug-likeness (QED) is 0.857. The Balaban J connectivity index is 0.00000144. The van der Waals surface area contributed by atoms with E-state index in [1.165, 1.54) is 11.1 Å². The van der Waals surface area contributed by atoms with Crippen LogP contribution in [-0.2, 0) is 11.2 Å². The van der Waals surface area contributed by atoms with Crippen molar-refractivity contribution < 1.29 is 4.79 Å². The number of hydrogen-bond acceptors (Lipinski definition) is 2. The van der Waals surface area contributed by atoms with Gasteiger partial charge in [-0.2, -0.15) is 0 Å². The molecule has 3 nitrogen and oxygen atoms in total. The number of hydrogen-bond donors (Lipinski definition) is 2. The van der Waals surface area contributed by atoms with Crippen LogP contribution in [-0.4, -0.2) is 18.0 Å². The van der Waals surface area contributed by atoms with Gasteiger partial charge in [0.15, 0.2) is 0 Å². The van der Waals surface area contributed by atoms with Crippen molar-refractivity contribution >= 4 is 18.3 Å². The first-order valence-corrected chi connectivity index (χ1v) is 5.73. The van der Waals surface area contributed by atoms with Crippen molar-refractivity contribution in [1.82, 2.24) is 5.32 Å². The highest BCUT2D eigenvalue weighted by atomic mass is 35.5. The molecule has 2 rings (SSSR count). The first-order valence-electron chi connectivity index (χ1n) is 5.73. The van der Waals surface area contributed by atoms with E-state index in [2.05, 4.69) is 30.4 Å². The average molecular weight is 255 g/mol. The molecule has 1 saturated carbocycles. The number of carbonyl (C=O) groups is 1. The minimum atomic E-state index is -0.549. The van der Waals surface area contributed by atoms with Crippen LogP contribution in [0.2, 0.25) is 0 Å². The SMILES string of the molecule is Cc1cccc(CCNC(=O)C2(N)CC2)c1.Cl. The summed E-state index contributed by atoms with van der Waals surface area (Å²) in [6, 6.07) is 8.33. The molecule has 0 spiro atoms. The molecule has 0 bridgehead atoms. The van der Waals surface area contributed by atoms with Gasteiger partial charge in [0.2, 0.25) is 5.91 Å². The van der Waals surface area contributed by atoms with Gasteiger partial charge in [-0.25, -0.2) is 0 Å². The predicted octanol–water partition coefficient (Wildman–Crippen LogP) is 1.57. The molecular weight excluding hydrogens is 236 g/mol. The molecule has 0 radical (unpaired) electrons. The second kappa shape index (κ2) is 5.52. The molecule has 1 fully saturated rings. The van der Waals surface area contributed by atoms with Crippen LogP contribution < -0.4 is 11.1 Å². The molecule has 0 atom stereocenters. The summed E-state index contributed by atoms with van der Waals surface area (Å²) >= 11 is 0. The van der Waals surface area contributed by atoms with Gasteiger partial charge >= 0.3 is 0 Å². The summed E-state index contributed by atoms with van der Waals surface area (Å²) in [6.07, 6.45) is 2.51. The normalized spacial score (nSPS) is 15.9. The Morgan fingerprint density at radius 1 is 1.47 bits per heavy atom. The molecule has 0 saturated heterocycles. The third kappa shape index (κ3) is 3.72. The highest BCUT2D eigenvalue weighted by Crippen LogP contribution is 2.31. The molecule has 0 aromatic heterocycles. The fourth-order valence-corrected chi connectivity index (χ4v) is 1.73. The van der Waals surface area contributed by atoms with E-state index in [-0.39, 0.29) is 18.3 Å². The average Bonchev–Trinajstić information content (AvgIpc) is 2.98. The van der Waals surface area contributed by atoms with Crippen LogP contribution in [0.1, 0.15) is 24.0 Å². The Bertz CT molecular complexity index is 402. The second-order valence-electron chi connectivity index (χ2n) is 4.65. The first kappa shape index (κ1) is 14.0. The predicted molar refractivity (Wildman–Crippen MR) is 71.3 cm³/mol. The topological polar surface area (TPSA) is 55.1 Å². The van der Waals surface area contributed by atoms with E-state index in [0.717, 1.165) is 19.3 Å². The summed E-state index contributed by atoms with van der Waals surface area (Å²) in [6.45, 7) is 2.74. The Kier molecular flexibility index (Phi) is 4.54. The summed E-state index contributed by atoms with van der Waals surface area (Å²) < 4.78 is 0. The third-order valence-electron chi connectivity index (χ3n) is 3.02. The third-order valence-corrected chi connectivity index (χ3v) is 3.02. The smallest absolute Gasteiger partial charge is 0.240 e. The van der Waals surface area contributed by atoms with Crippen LogP contribution in [0.4, 0.5) is 0 Å². The minimum absolute atomic E-state index is 0. The molecule has 4 heteroatoms. The molecule has 0 heterocycles. The van der Waals surface area contributed by atoms with Gasteiger partial charge in [0.1, 0.15) is 0 Å². The minimum Gasteiger partial charge on any atom is -0.354 e. The molecule has 1 aliphatic carbocycles. The van der Waals surface area contributed by atoms with E-state index in [1.807, 2.05) is 6.07 Å². The Morgan fingerprint density at radius 2 is 2.18 bits per heavy atom. The van der Waals surface area contributed by atoms with Crippen molar-refractivity contribution in [3.63, 3.8) is 0 Å². The van der Waals surface area contributed by atoms with Crippen LogP contribution in [0.25, 0.3) is 0 Å². The summed E-state index contributed by atoms with van der Waals surface area (Å²) in [5, 5.41) is 2.89. The van der Waals surface area contributed by atoms with Gasteiger partial charge in [0, 0.05) is 6.54 Å². The molecule has 1 aliphatic rings. The number of amides is 1. The van der Waals surface area contributed by atoms with Crippen LogP contribution >= 0.6 is 12.4 Å². The van der Waals surface area contributed by atoms with Gasteiger partial charge in [-0.1, -0.05) is 29.8 Å². The standard InChI is InChI=1S/C13H18N2O.ClH/c1-10-3-2-4-11(9-10)5-8-15-12(16)13(14)6-7-13;/h2-4,9H,5-8,14H2,1H3,(H,15,16);1H. The molecular formula is C13H19ClN2O. The number of carbonyl (C=O) groups excluding carboxylic acids is 1. The van der Waals surface area contributed by atoms with E-state index in [0.29, 0.717) is 6.54 Å². The maximum absolute atomic E-state index is 11.5. The lowest BCUT2D eigenvalue weighted by Crippen LogP contribution is -2.43. The molecule has 1 aromatic carbocycles. The number of aryl methyl sites for hydroxylation is 1. The monoisotopic (exact) mass is 254 g/mol. The number of rotatable bonds is 4. The first-order chi connectivity index (χ1) is 7.60. The summed E-state index contributed by atoms with van der Waals surface area (Å²) in [5.41, 5.74) is 7.74. The van der Waals surface area contributed by atoms with E-state index in [4.69, 9.17) is 5.73 Å². The highest BCUT2D eigenvalue weighted by Gasteiger charge is 2.45. The molecule has 0 unspecified atom stereocenters. The van der Waals surface area contributed by atoms with Crippen molar-refractivity contribution in [3.8, 4) is 0 Å². The second-order valence-corrected chi connectivity index (χ2v) is 4.65. The Morgan fingerprint density at radius 3 is 2.76 bits per heavy atom. The zero-order valence-electron chi connectivity index (χ0n) is 10.0. The molecule has 1 aromatic rings. The van der Waals surface area contributed by atoms with Crippen LogP contribution in [0, 0.1) is 6.92 Å². The van der Waals surface area contributed by atoms with E-state index >= 15 is 0 Å². The number of nitrogens with two attached hydrogens (primary N) is 1. The molecule has 1 amide bonds. The fraction of sp³-hybridized carbons (Fsp3) is 0.462. The van der Waals surface area contributed by atoms with Crippen LogP contribution in [0.15, 0.2) is 24.3 Å². The fourth-order valence-electron chi connectivity index (χ4n) is 1.73. The van der Waals surface area contributed by atoms with E-state index in [1.54, 1.807) is 0 Å². The highest BCUT2D eigenvalue weighted by molar-refractivity contribution is 5.88. The van der Waals surface area contributed by atoms with E-state index < -0.39 is 5.54 Å². The number of benzene rings is 1. The van der Waals surface area contributed by atoms with Crippen molar-refractivity contribution in [2.45, 2.75) is 31.7 Å². The lowest BCUT2D eigenvalue weighted by molar-refractivity contribution is -0.123. The van der Waals surface area contributed by atoms with Gasteiger partial charge in [-0.15, -0.1) is 12.4 Å². The van der Waals surface area contributed by atoms with Crippen molar-refractivity contribution in [2.24, 2.45) is 5.73 Å². The zero-order chi connectivity index (χ0) is 11.6. The largest absolute Gasteiger partial charge is 0.354 e. The van der Waals surface area contributed by atoms with Crippen molar-refractivity contribution in [2.75, 3.05) is 6.54 Å². The summed E-state index contributed by atoms with van der Waals surface area (Å²) in [5.74, 6) is 0.000142. The summed E-state index contributed by atoms with van der Waals surface area (Å²) in [7, 11) is 0. The molecule has 0 aliphatic heterocycles. The number of nitrogens with one attached hydrogen (secondary N) is 1. The maximum Gasteiger partial charge on any atom is 0.240 e. The van der Waals surface area contributed by atoms with Crippen LogP contribution in [0.5, 0.6) is 0 Å². The Labute approximate surface area is 108 Å². The van der Waals surface area contributed by atoms with Crippen molar-refractivity contribution in [1.29, 1.82) is 0 Å². The molecule has 3 N–H and O–H groups in total. The van der Waals surface area contributed by atoms with Gasteiger partial charge in [-0.05, 0) is 31.7 Å². The van der Waals surface area contributed by atoms with Gasteiger partial charge in [-0.3, -0.25) is 4.79 Å². The van der Waals surface area contributed by atoms with Gasteiger partial charge in [0.25, 0.3) is 0 Å². The number of halogens is 1. The summed E-state index contributed by atoms with van der Waals surface area (Å²) in [4.78, 5) is 11.5. The Hall–Kier alpha value is -1.06. The lowest BCUT2D eigenvalue weighted by atomic mass is 10.1. The zero-order valence-corrected chi connectivity index (χ0v) is 10.8. The maximum atomic E-state index is 11.5. The van der Waals surface area contributed by atoms with E-state index in [9.17, 15) is 4.79 Å². The lowest BCUT2D eigenvalue weighted by Gasteiger charge is -2.10. The van der Waals surface area contributed by atoms with Crippen molar-refractivity contribution in [3.05, 3.63) is 35.4 Å².